The molecule has 0 spiro atoms. The molecule has 0 atom stereocenters. The minimum absolute atomic E-state index is 0.187. The highest BCUT2D eigenvalue weighted by molar-refractivity contribution is 7.22. The quantitative estimate of drug-likeness (QED) is 0.392. The number of nitrogens with zero attached hydrogens (tertiary/aromatic N) is 3. The number of fused-ring (bicyclic) bond motifs is 1. The van der Waals surface area contributed by atoms with E-state index in [9.17, 15) is 14.4 Å². The van der Waals surface area contributed by atoms with Crippen LogP contribution < -0.4 is 9.80 Å². The Balaban J connectivity index is 1.55. The van der Waals surface area contributed by atoms with Gasteiger partial charge in [-0.05, 0) is 67.4 Å². The van der Waals surface area contributed by atoms with Crippen molar-refractivity contribution in [1.82, 2.24) is 4.98 Å². The van der Waals surface area contributed by atoms with Gasteiger partial charge >= 0.3 is 0 Å². The van der Waals surface area contributed by atoms with Crippen molar-refractivity contribution in [3.8, 4) is 0 Å². The zero-order chi connectivity index (χ0) is 23.1. The van der Waals surface area contributed by atoms with Gasteiger partial charge in [0.2, 0.25) is 11.8 Å². The maximum Gasteiger partial charge on any atom is 0.260 e. The molecular weight excluding hydrogens is 438 g/mol. The van der Waals surface area contributed by atoms with Crippen molar-refractivity contribution in [3.05, 3.63) is 77.2 Å². The van der Waals surface area contributed by atoms with Crippen molar-refractivity contribution in [2.45, 2.75) is 33.2 Å². The number of hydrogen-bond acceptors (Lipinski definition) is 6. The molecule has 5 rings (SSSR count). The number of amides is 3. The zero-order valence-corrected chi connectivity index (χ0v) is 19.0. The second kappa shape index (κ2) is 8.29. The Labute approximate surface area is 194 Å². The molecule has 2 aromatic heterocycles. The van der Waals surface area contributed by atoms with Gasteiger partial charge in [0, 0.05) is 18.4 Å². The van der Waals surface area contributed by atoms with Gasteiger partial charge in [0.1, 0.15) is 5.76 Å². The predicted octanol–water partition coefficient (Wildman–Crippen LogP) is 5.01. The Kier molecular flexibility index (Phi) is 5.30. The van der Waals surface area contributed by atoms with Gasteiger partial charge < -0.3 is 4.42 Å². The van der Waals surface area contributed by atoms with E-state index < -0.39 is 0 Å². The van der Waals surface area contributed by atoms with Gasteiger partial charge in [0.15, 0.2) is 5.13 Å². The zero-order valence-electron chi connectivity index (χ0n) is 18.2. The third-order valence-corrected chi connectivity index (χ3v) is 6.81. The maximum atomic E-state index is 13.7. The molecule has 166 valence electrons. The number of thiazole rings is 1. The Morgan fingerprint density at radius 2 is 1.82 bits per heavy atom. The van der Waals surface area contributed by atoms with Crippen molar-refractivity contribution in [2.24, 2.45) is 0 Å². The van der Waals surface area contributed by atoms with E-state index in [0.29, 0.717) is 22.1 Å². The van der Waals surface area contributed by atoms with Crippen LogP contribution in [0.2, 0.25) is 0 Å². The highest BCUT2D eigenvalue weighted by Gasteiger charge is 2.31. The summed E-state index contributed by atoms with van der Waals surface area (Å²) in [5.74, 6) is -0.182. The molecule has 0 unspecified atom stereocenters. The molecular formula is C25H21N3O4S. The largest absolute Gasteiger partial charge is 0.467 e. The normalized spacial score (nSPS) is 13.8. The fourth-order valence-corrected chi connectivity index (χ4v) is 4.91. The minimum Gasteiger partial charge on any atom is -0.467 e. The lowest BCUT2D eigenvalue weighted by Crippen LogP contribution is -2.31. The molecule has 0 radical (unpaired) electrons. The highest BCUT2D eigenvalue weighted by Crippen LogP contribution is 2.33. The van der Waals surface area contributed by atoms with Crippen LogP contribution in [-0.4, -0.2) is 22.7 Å². The van der Waals surface area contributed by atoms with Crippen molar-refractivity contribution < 1.29 is 18.8 Å². The molecule has 0 N–H and O–H groups in total. The Morgan fingerprint density at radius 3 is 2.55 bits per heavy atom. The molecule has 0 aliphatic carbocycles. The van der Waals surface area contributed by atoms with Gasteiger partial charge in [-0.15, -0.1) is 0 Å². The van der Waals surface area contributed by atoms with E-state index in [1.807, 2.05) is 19.9 Å². The number of carbonyl (C=O) groups is 3. The lowest BCUT2D eigenvalue weighted by molar-refractivity contribution is -0.121. The van der Waals surface area contributed by atoms with E-state index >= 15 is 0 Å². The fourth-order valence-electron chi connectivity index (χ4n) is 3.87. The third kappa shape index (κ3) is 3.93. The Hall–Kier alpha value is -3.78. The van der Waals surface area contributed by atoms with Crippen LogP contribution in [0.4, 0.5) is 10.8 Å². The van der Waals surface area contributed by atoms with Crippen LogP contribution in [0.1, 0.15) is 40.1 Å². The molecule has 4 aromatic rings. The molecule has 1 aliphatic rings. The average molecular weight is 460 g/mol. The van der Waals surface area contributed by atoms with Crippen LogP contribution >= 0.6 is 11.3 Å². The van der Waals surface area contributed by atoms with Gasteiger partial charge in [0.05, 0.1) is 28.7 Å². The molecule has 2 aromatic carbocycles. The molecule has 1 fully saturated rings. The topological polar surface area (TPSA) is 83.7 Å². The molecule has 33 heavy (non-hydrogen) atoms. The molecule has 7 nitrogen and oxygen atoms in total. The molecule has 3 amide bonds. The van der Waals surface area contributed by atoms with E-state index in [0.717, 1.165) is 26.2 Å². The van der Waals surface area contributed by atoms with Crippen LogP contribution in [0.5, 0.6) is 0 Å². The van der Waals surface area contributed by atoms with Crippen LogP contribution in [0.25, 0.3) is 10.2 Å². The number of benzene rings is 2. The second-order valence-electron chi connectivity index (χ2n) is 8.04. The van der Waals surface area contributed by atoms with Crippen LogP contribution in [-0.2, 0) is 16.1 Å². The highest BCUT2D eigenvalue weighted by atomic mass is 32.1. The lowest BCUT2D eigenvalue weighted by Gasteiger charge is -2.20. The van der Waals surface area contributed by atoms with Gasteiger partial charge in [0.25, 0.3) is 5.91 Å². The van der Waals surface area contributed by atoms with Crippen molar-refractivity contribution in [1.29, 1.82) is 0 Å². The average Bonchev–Trinajstić information content (AvgIpc) is 3.53. The van der Waals surface area contributed by atoms with Crippen molar-refractivity contribution >= 4 is 50.1 Å². The lowest BCUT2D eigenvalue weighted by atomic mass is 10.1. The Morgan fingerprint density at radius 1 is 1.06 bits per heavy atom. The predicted molar refractivity (Wildman–Crippen MR) is 126 cm³/mol. The van der Waals surface area contributed by atoms with Crippen LogP contribution in [0.3, 0.4) is 0 Å². The summed E-state index contributed by atoms with van der Waals surface area (Å²) in [4.78, 5) is 45.5. The number of furan rings is 1. The number of rotatable bonds is 5. The Bertz CT molecular complexity index is 1340. The summed E-state index contributed by atoms with van der Waals surface area (Å²) in [6.45, 7) is 4.29. The molecule has 0 bridgehead atoms. The van der Waals surface area contributed by atoms with Gasteiger partial charge in [-0.1, -0.05) is 17.4 Å². The second-order valence-corrected chi connectivity index (χ2v) is 9.05. The molecule has 1 saturated heterocycles. The van der Waals surface area contributed by atoms with E-state index in [1.54, 1.807) is 47.6 Å². The summed E-state index contributed by atoms with van der Waals surface area (Å²) < 4.78 is 6.50. The number of hydrogen-bond donors (Lipinski definition) is 0. The first-order chi connectivity index (χ1) is 15.9. The summed E-state index contributed by atoms with van der Waals surface area (Å²) in [5, 5.41) is 0.551. The third-order valence-electron chi connectivity index (χ3n) is 5.77. The van der Waals surface area contributed by atoms with Gasteiger partial charge in [-0.2, -0.15) is 0 Å². The first-order valence-electron chi connectivity index (χ1n) is 10.6. The molecule has 0 saturated carbocycles. The molecule has 8 heteroatoms. The number of aromatic nitrogens is 1. The number of aryl methyl sites for hydroxylation is 2. The number of carbonyl (C=O) groups excluding carboxylic acids is 3. The van der Waals surface area contributed by atoms with E-state index in [1.165, 1.54) is 11.3 Å². The fraction of sp³-hybridized carbons (Fsp3) is 0.200. The first kappa shape index (κ1) is 21.1. The first-order valence-corrected chi connectivity index (χ1v) is 11.4. The number of imide groups is 1. The molecule has 3 heterocycles. The molecule has 1 aliphatic heterocycles. The summed E-state index contributed by atoms with van der Waals surface area (Å²) in [6.07, 6.45) is 1.94. The van der Waals surface area contributed by atoms with E-state index in [-0.39, 0.29) is 37.1 Å². The minimum atomic E-state index is -0.292. The van der Waals surface area contributed by atoms with E-state index in [4.69, 9.17) is 9.40 Å². The van der Waals surface area contributed by atoms with Gasteiger partial charge in [-0.25, -0.2) is 4.98 Å². The van der Waals surface area contributed by atoms with Gasteiger partial charge in [-0.3, -0.25) is 24.2 Å². The smallest absolute Gasteiger partial charge is 0.260 e. The summed E-state index contributed by atoms with van der Waals surface area (Å²) in [7, 11) is 0. The maximum absolute atomic E-state index is 13.7. The van der Waals surface area contributed by atoms with Crippen molar-refractivity contribution in [3.63, 3.8) is 0 Å². The summed E-state index contributed by atoms with van der Waals surface area (Å²) in [6, 6.07) is 14.3. The van der Waals surface area contributed by atoms with E-state index in [2.05, 4.69) is 6.07 Å². The summed E-state index contributed by atoms with van der Waals surface area (Å²) >= 11 is 1.44. The summed E-state index contributed by atoms with van der Waals surface area (Å²) in [5.41, 5.74) is 3.89. The van der Waals surface area contributed by atoms with Crippen LogP contribution in [0, 0.1) is 13.8 Å². The van der Waals surface area contributed by atoms with Crippen molar-refractivity contribution in [2.75, 3.05) is 9.80 Å². The SMILES string of the molecule is Cc1cc2nc(N(Cc3ccco3)C(=O)c3cccc(N4C(=O)CCC4=O)c3)sc2cc1C. The van der Waals surface area contributed by atoms with Crippen LogP contribution in [0.15, 0.2) is 59.2 Å². The monoisotopic (exact) mass is 459 g/mol. The standard InChI is InChI=1S/C25H21N3O4S/c1-15-11-20-21(12-16(15)2)33-25(26-20)27(14-19-7-4-10-32-19)24(31)17-5-3-6-18(13-17)28-22(29)8-9-23(28)30/h3-7,10-13H,8-9,14H2,1-2H3. The number of anilines is 2.